The van der Waals surface area contributed by atoms with Gasteiger partial charge in [-0.15, -0.1) is 0 Å². The summed E-state index contributed by atoms with van der Waals surface area (Å²) in [6.45, 7) is 3.43. The van der Waals surface area contributed by atoms with E-state index in [0.717, 1.165) is 12.1 Å². The van der Waals surface area contributed by atoms with E-state index in [1.54, 1.807) is 12.3 Å². The van der Waals surface area contributed by atoms with Gasteiger partial charge < -0.3 is 11.1 Å². The molecule has 0 bridgehead atoms. The highest BCUT2D eigenvalue weighted by atomic mass is 32.1. The topological polar surface area (TPSA) is 81.7 Å². The predicted octanol–water partition coefficient (Wildman–Crippen LogP) is 0.728. The molecular formula is C11H14N6S. The van der Waals surface area contributed by atoms with E-state index < -0.39 is 0 Å². The Morgan fingerprint density at radius 3 is 3.06 bits per heavy atom. The minimum absolute atomic E-state index is 0.267. The molecule has 0 fully saturated rings. The molecule has 6 nitrogen and oxygen atoms in total. The molecule has 0 radical (unpaired) electrons. The van der Waals surface area contributed by atoms with E-state index in [1.807, 2.05) is 24.0 Å². The standard InChI is InChI=1S/C11H14N6S/c1-8-6-15-17(7-8)5-4-14-11-13-3-2-9(16-11)10(12)18/h2-3,6-7H,4-5H2,1H3,(H2,12,18)(H,13,14,16). The maximum Gasteiger partial charge on any atom is 0.223 e. The highest BCUT2D eigenvalue weighted by Crippen LogP contribution is 2.00. The summed E-state index contributed by atoms with van der Waals surface area (Å²) < 4.78 is 1.86. The Bertz CT molecular complexity index is 550. The van der Waals surface area contributed by atoms with Crippen molar-refractivity contribution in [3.8, 4) is 0 Å². The van der Waals surface area contributed by atoms with Crippen LogP contribution >= 0.6 is 12.2 Å². The molecule has 0 aliphatic rings. The van der Waals surface area contributed by atoms with Crippen LogP contribution < -0.4 is 11.1 Å². The van der Waals surface area contributed by atoms with Gasteiger partial charge in [0.2, 0.25) is 5.95 Å². The lowest BCUT2D eigenvalue weighted by Crippen LogP contribution is -2.16. The van der Waals surface area contributed by atoms with Crippen LogP contribution in [-0.2, 0) is 6.54 Å². The number of rotatable bonds is 5. The molecule has 2 rings (SSSR count). The lowest BCUT2D eigenvalue weighted by atomic mass is 10.4. The third-order valence-corrected chi connectivity index (χ3v) is 2.50. The number of nitrogens with one attached hydrogen (secondary N) is 1. The van der Waals surface area contributed by atoms with Gasteiger partial charge in [0.1, 0.15) is 10.7 Å². The molecule has 2 aromatic rings. The van der Waals surface area contributed by atoms with Gasteiger partial charge in [-0.2, -0.15) is 5.10 Å². The molecular weight excluding hydrogens is 248 g/mol. The van der Waals surface area contributed by atoms with Crippen LogP contribution in [0.25, 0.3) is 0 Å². The number of hydrogen-bond donors (Lipinski definition) is 2. The molecule has 0 amide bonds. The lowest BCUT2D eigenvalue weighted by Gasteiger charge is -2.05. The second-order valence-electron chi connectivity index (χ2n) is 3.84. The van der Waals surface area contributed by atoms with Crippen LogP contribution in [0.4, 0.5) is 5.95 Å². The van der Waals surface area contributed by atoms with E-state index in [9.17, 15) is 0 Å². The first-order valence-corrected chi connectivity index (χ1v) is 5.92. The van der Waals surface area contributed by atoms with Gasteiger partial charge in [0.05, 0.1) is 12.7 Å². The number of nitrogens with two attached hydrogens (primary N) is 1. The van der Waals surface area contributed by atoms with Gasteiger partial charge in [-0.1, -0.05) is 12.2 Å². The number of aromatic nitrogens is 4. The smallest absolute Gasteiger partial charge is 0.223 e. The Labute approximate surface area is 110 Å². The second kappa shape index (κ2) is 5.54. The summed E-state index contributed by atoms with van der Waals surface area (Å²) in [5.41, 5.74) is 7.21. The molecule has 18 heavy (non-hydrogen) atoms. The van der Waals surface area contributed by atoms with Gasteiger partial charge in [0.15, 0.2) is 0 Å². The van der Waals surface area contributed by atoms with Crippen molar-refractivity contribution in [3.63, 3.8) is 0 Å². The molecule has 0 saturated heterocycles. The summed E-state index contributed by atoms with van der Waals surface area (Å²) in [4.78, 5) is 8.55. The lowest BCUT2D eigenvalue weighted by molar-refractivity contribution is 0.635. The maximum atomic E-state index is 5.50. The van der Waals surface area contributed by atoms with Crippen molar-refractivity contribution in [1.82, 2.24) is 19.7 Å². The van der Waals surface area contributed by atoms with Gasteiger partial charge >= 0.3 is 0 Å². The van der Waals surface area contributed by atoms with Crippen LogP contribution in [0.5, 0.6) is 0 Å². The Morgan fingerprint density at radius 2 is 2.39 bits per heavy atom. The van der Waals surface area contributed by atoms with Gasteiger partial charge in [-0.25, -0.2) is 9.97 Å². The molecule has 94 valence electrons. The summed E-state index contributed by atoms with van der Waals surface area (Å²) in [7, 11) is 0. The van der Waals surface area contributed by atoms with Crippen molar-refractivity contribution in [2.45, 2.75) is 13.5 Å². The van der Waals surface area contributed by atoms with Gasteiger partial charge in [0, 0.05) is 18.9 Å². The molecule has 0 aliphatic carbocycles. The first-order chi connectivity index (χ1) is 8.65. The second-order valence-corrected chi connectivity index (χ2v) is 4.28. The number of aryl methyl sites for hydroxylation is 1. The van der Waals surface area contributed by atoms with Crippen molar-refractivity contribution in [3.05, 3.63) is 35.9 Å². The van der Waals surface area contributed by atoms with E-state index in [-0.39, 0.29) is 4.99 Å². The molecule has 0 spiro atoms. The number of thiocarbonyl (C=S) groups is 1. The zero-order valence-corrected chi connectivity index (χ0v) is 10.8. The molecule has 0 saturated carbocycles. The van der Waals surface area contributed by atoms with E-state index in [4.69, 9.17) is 18.0 Å². The average molecular weight is 262 g/mol. The quantitative estimate of drug-likeness (QED) is 0.773. The van der Waals surface area contributed by atoms with Crippen molar-refractivity contribution >= 4 is 23.2 Å². The van der Waals surface area contributed by atoms with Crippen LogP contribution in [0.1, 0.15) is 11.3 Å². The summed E-state index contributed by atoms with van der Waals surface area (Å²) in [5, 5.41) is 7.29. The van der Waals surface area contributed by atoms with E-state index in [2.05, 4.69) is 20.4 Å². The van der Waals surface area contributed by atoms with Gasteiger partial charge in [0.25, 0.3) is 0 Å². The number of anilines is 1. The molecule has 2 heterocycles. The van der Waals surface area contributed by atoms with Crippen LogP contribution in [0.3, 0.4) is 0 Å². The van der Waals surface area contributed by atoms with Crippen LogP contribution in [0.2, 0.25) is 0 Å². The Hall–Kier alpha value is -2.02. The normalized spacial score (nSPS) is 10.3. The molecule has 0 aliphatic heterocycles. The van der Waals surface area contributed by atoms with Crippen LogP contribution in [-0.4, -0.2) is 31.3 Å². The number of nitrogens with zero attached hydrogens (tertiary/aromatic N) is 4. The first kappa shape index (κ1) is 12.4. The summed E-state index contributed by atoms with van der Waals surface area (Å²) in [5.74, 6) is 0.518. The average Bonchev–Trinajstić information content (AvgIpc) is 2.75. The van der Waals surface area contributed by atoms with Crippen molar-refractivity contribution in [2.24, 2.45) is 5.73 Å². The highest BCUT2D eigenvalue weighted by Gasteiger charge is 2.01. The van der Waals surface area contributed by atoms with Crippen molar-refractivity contribution in [1.29, 1.82) is 0 Å². The highest BCUT2D eigenvalue weighted by molar-refractivity contribution is 7.80. The largest absolute Gasteiger partial charge is 0.388 e. The molecule has 0 unspecified atom stereocenters. The third kappa shape index (κ3) is 3.24. The van der Waals surface area contributed by atoms with E-state index in [0.29, 0.717) is 18.2 Å². The first-order valence-electron chi connectivity index (χ1n) is 5.51. The van der Waals surface area contributed by atoms with Crippen LogP contribution in [0.15, 0.2) is 24.7 Å². The Kier molecular flexibility index (Phi) is 3.83. The van der Waals surface area contributed by atoms with E-state index >= 15 is 0 Å². The predicted molar refractivity (Wildman–Crippen MR) is 73.4 cm³/mol. The van der Waals surface area contributed by atoms with E-state index in [1.165, 1.54) is 0 Å². The molecule has 0 aromatic carbocycles. The molecule has 7 heteroatoms. The van der Waals surface area contributed by atoms with Crippen molar-refractivity contribution < 1.29 is 0 Å². The minimum Gasteiger partial charge on any atom is -0.388 e. The third-order valence-electron chi connectivity index (χ3n) is 2.29. The Balaban J connectivity index is 1.90. The van der Waals surface area contributed by atoms with Gasteiger partial charge in [-0.05, 0) is 18.6 Å². The number of hydrogen-bond acceptors (Lipinski definition) is 5. The van der Waals surface area contributed by atoms with Crippen molar-refractivity contribution in [2.75, 3.05) is 11.9 Å². The maximum absolute atomic E-state index is 5.50. The zero-order chi connectivity index (χ0) is 13.0. The fraction of sp³-hybridized carbons (Fsp3) is 0.273. The molecule has 3 N–H and O–H groups in total. The summed E-state index contributed by atoms with van der Waals surface area (Å²) in [6.07, 6.45) is 5.43. The fourth-order valence-corrected chi connectivity index (χ4v) is 1.57. The monoisotopic (exact) mass is 262 g/mol. The molecule has 2 aromatic heterocycles. The summed E-state index contributed by atoms with van der Waals surface area (Å²) >= 11 is 4.86. The van der Waals surface area contributed by atoms with Gasteiger partial charge in [-0.3, -0.25) is 4.68 Å². The Morgan fingerprint density at radius 1 is 1.56 bits per heavy atom. The fourth-order valence-electron chi connectivity index (χ4n) is 1.45. The van der Waals surface area contributed by atoms with Crippen LogP contribution in [0, 0.1) is 6.92 Å². The SMILES string of the molecule is Cc1cnn(CCNc2nccc(C(N)=S)n2)c1. The summed E-state index contributed by atoms with van der Waals surface area (Å²) in [6, 6.07) is 1.68. The minimum atomic E-state index is 0.267. The molecule has 0 atom stereocenters. The zero-order valence-electron chi connectivity index (χ0n) is 10.00.